The van der Waals surface area contributed by atoms with Crippen LogP contribution in [0.4, 0.5) is 0 Å². The molecule has 0 spiro atoms. The number of aryl methyl sites for hydroxylation is 1. The van der Waals surface area contributed by atoms with Crippen molar-refractivity contribution in [2.24, 2.45) is 7.05 Å². The van der Waals surface area contributed by atoms with Crippen molar-refractivity contribution in [1.29, 1.82) is 0 Å². The van der Waals surface area contributed by atoms with E-state index < -0.39 is 0 Å². The second kappa shape index (κ2) is 4.07. The third kappa shape index (κ3) is 2.33. The number of allylic oxidation sites excluding steroid dienone is 2. The van der Waals surface area contributed by atoms with Gasteiger partial charge in [-0.3, -0.25) is 0 Å². The number of aromatic nitrogens is 2. The fourth-order valence-electron chi connectivity index (χ4n) is 0.956. The SMILES string of the molecule is CC(C)=CCc1c(I)ncn1C. The summed E-state index contributed by atoms with van der Waals surface area (Å²) in [5.41, 5.74) is 2.64. The van der Waals surface area contributed by atoms with Gasteiger partial charge in [0, 0.05) is 13.5 Å². The number of imidazole rings is 1. The highest BCUT2D eigenvalue weighted by molar-refractivity contribution is 14.1. The van der Waals surface area contributed by atoms with Crippen LogP contribution in [0.2, 0.25) is 0 Å². The number of hydrogen-bond acceptors (Lipinski definition) is 1. The minimum Gasteiger partial charge on any atom is -0.336 e. The first-order valence-corrected chi connectivity index (χ1v) is 4.98. The van der Waals surface area contributed by atoms with Gasteiger partial charge < -0.3 is 4.57 Å². The van der Waals surface area contributed by atoms with Gasteiger partial charge >= 0.3 is 0 Å². The average Bonchev–Trinajstić information content (AvgIpc) is 2.28. The summed E-state index contributed by atoms with van der Waals surface area (Å²) in [5, 5.41) is 0. The predicted molar refractivity (Wildman–Crippen MR) is 59.1 cm³/mol. The van der Waals surface area contributed by atoms with E-state index in [4.69, 9.17) is 0 Å². The number of rotatable bonds is 2. The summed E-state index contributed by atoms with van der Waals surface area (Å²) in [7, 11) is 2.03. The molecule has 0 fully saturated rings. The van der Waals surface area contributed by atoms with Crippen molar-refractivity contribution >= 4 is 22.6 Å². The van der Waals surface area contributed by atoms with Gasteiger partial charge in [-0.25, -0.2) is 4.98 Å². The fraction of sp³-hybridized carbons (Fsp3) is 0.444. The quantitative estimate of drug-likeness (QED) is 0.599. The van der Waals surface area contributed by atoms with E-state index in [1.54, 1.807) is 0 Å². The molecular weight excluding hydrogens is 263 g/mol. The van der Waals surface area contributed by atoms with Crippen LogP contribution in [0.25, 0.3) is 0 Å². The Morgan fingerprint density at radius 1 is 1.67 bits per heavy atom. The molecular formula is C9H13IN2. The molecule has 1 aromatic rings. The van der Waals surface area contributed by atoms with E-state index in [9.17, 15) is 0 Å². The molecule has 1 heterocycles. The molecule has 0 radical (unpaired) electrons. The summed E-state index contributed by atoms with van der Waals surface area (Å²) < 4.78 is 3.17. The first-order valence-electron chi connectivity index (χ1n) is 3.90. The van der Waals surface area contributed by atoms with Crippen molar-refractivity contribution in [3.05, 3.63) is 27.4 Å². The molecule has 0 aliphatic heterocycles. The van der Waals surface area contributed by atoms with E-state index in [2.05, 4.69) is 52.1 Å². The van der Waals surface area contributed by atoms with Crippen molar-refractivity contribution in [3.8, 4) is 0 Å². The molecule has 0 bridgehead atoms. The van der Waals surface area contributed by atoms with Gasteiger partial charge in [0.2, 0.25) is 0 Å². The number of hydrogen-bond donors (Lipinski definition) is 0. The van der Waals surface area contributed by atoms with E-state index in [0.29, 0.717) is 0 Å². The minimum absolute atomic E-state index is 0.983. The molecule has 1 rings (SSSR count). The lowest BCUT2D eigenvalue weighted by Crippen LogP contribution is -1.95. The highest BCUT2D eigenvalue weighted by atomic mass is 127. The lowest BCUT2D eigenvalue weighted by Gasteiger charge is -1.98. The maximum absolute atomic E-state index is 4.21. The van der Waals surface area contributed by atoms with E-state index in [1.807, 2.05) is 13.4 Å². The van der Waals surface area contributed by atoms with Crippen molar-refractivity contribution in [2.75, 3.05) is 0 Å². The molecule has 3 heteroatoms. The highest BCUT2D eigenvalue weighted by Crippen LogP contribution is 2.10. The van der Waals surface area contributed by atoms with Crippen LogP contribution in [-0.2, 0) is 13.5 Å². The Morgan fingerprint density at radius 3 is 2.75 bits per heavy atom. The summed E-state index contributed by atoms with van der Waals surface area (Å²) in [5.74, 6) is 0. The van der Waals surface area contributed by atoms with E-state index in [1.165, 1.54) is 11.3 Å². The highest BCUT2D eigenvalue weighted by Gasteiger charge is 2.02. The van der Waals surface area contributed by atoms with Gasteiger partial charge in [-0.2, -0.15) is 0 Å². The zero-order chi connectivity index (χ0) is 9.14. The Balaban J connectivity index is 2.81. The molecule has 0 N–H and O–H groups in total. The largest absolute Gasteiger partial charge is 0.336 e. The molecule has 0 atom stereocenters. The summed E-state index contributed by atoms with van der Waals surface area (Å²) in [6.07, 6.45) is 5.06. The zero-order valence-corrected chi connectivity index (χ0v) is 9.79. The lowest BCUT2D eigenvalue weighted by atomic mass is 10.2. The van der Waals surface area contributed by atoms with Gasteiger partial charge in [0.15, 0.2) is 0 Å². The van der Waals surface area contributed by atoms with Crippen LogP contribution in [0.5, 0.6) is 0 Å². The number of nitrogens with zero attached hydrogens (tertiary/aromatic N) is 2. The molecule has 12 heavy (non-hydrogen) atoms. The van der Waals surface area contributed by atoms with Gasteiger partial charge in [-0.15, -0.1) is 0 Å². The zero-order valence-electron chi connectivity index (χ0n) is 7.63. The van der Waals surface area contributed by atoms with Crippen molar-refractivity contribution < 1.29 is 0 Å². The van der Waals surface area contributed by atoms with E-state index >= 15 is 0 Å². The summed E-state index contributed by atoms with van der Waals surface area (Å²) >= 11 is 2.27. The fourth-order valence-corrected chi connectivity index (χ4v) is 1.68. The Kier molecular flexibility index (Phi) is 3.31. The monoisotopic (exact) mass is 276 g/mol. The van der Waals surface area contributed by atoms with Crippen molar-refractivity contribution in [2.45, 2.75) is 20.3 Å². The molecule has 66 valence electrons. The summed E-state index contributed by atoms with van der Waals surface area (Å²) in [6.45, 7) is 4.23. The lowest BCUT2D eigenvalue weighted by molar-refractivity contribution is 0.848. The van der Waals surface area contributed by atoms with Gasteiger partial charge in [0.05, 0.1) is 12.0 Å². The topological polar surface area (TPSA) is 17.8 Å². The standard InChI is InChI=1S/C9H13IN2/c1-7(2)4-5-8-9(10)11-6-12(8)3/h4,6H,5H2,1-3H3. The molecule has 0 aliphatic carbocycles. The Hall–Kier alpha value is -0.320. The maximum atomic E-state index is 4.21. The molecule has 0 amide bonds. The van der Waals surface area contributed by atoms with Crippen molar-refractivity contribution in [1.82, 2.24) is 9.55 Å². The van der Waals surface area contributed by atoms with Gasteiger partial charge in [0.1, 0.15) is 3.70 Å². The Bertz CT molecular complexity index is 276. The van der Waals surface area contributed by atoms with Gasteiger partial charge in [-0.1, -0.05) is 11.6 Å². The molecule has 0 saturated heterocycles. The first kappa shape index (κ1) is 9.77. The summed E-state index contributed by atoms with van der Waals surface area (Å²) in [6, 6.07) is 0. The Labute approximate surface area is 86.8 Å². The van der Waals surface area contributed by atoms with Gasteiger partial charge in [0.25, 0.3) is 0 Å². The molecule has 0 aromatic carbocycles. The second-order valence-corrected chi connectivity index (χ2v) is 4.10. The first-order chi connectivity index (χ1) is 5.61. The molecule has 0 unspecified atom stereocenters. The molecule has 1 aromatic heterocycles. The van der Waals surface area contributed by atoms with Crippen LogP contribution >= 0.6 is 22.6 Å². The van der Waals surface area contributed by atoms with Crippen LogP contribution in [0.3, 0.4) is 0 Å². The van der Waals surface area contributed by atoms with E-state index in [-0.39, 0.29) is 0 Å². The molecule has 2 nitrogen and oxygen atoms in total. The van der Waals surface area contributed by atoms with Gasteiger partial charge in [-0.05, 0) is 36.4 Å². The third-order valence-electron chi connectivity index (χ3n) is 1.71. The predicted octanol–water partition coefficient (Wildman–Crippen LogP) is 2.53. The smallest absolute Gasteiger partial charge is 0.122 e. The molecule has 0 saturated carbocycles. The third-order valence-corrected chi connectivity index (χ3v) is 2.61. The minimum atomic E-state index is 0.983. The van der Waals surface area contributed by atoms with Crippen LogP contribution in [0, 0.1) is 3.70 Å². The van der Waals surface area contributed by atoms with E-state index in [0.717, 1.165) is 10.1 Å². The second-order valence-electron chi connectivity index (χ2n) is 3.08. The summed E-state index contributed by atoms with van der Waals surface area (Å²) in [4.78, 5) is 4.21. The van der Waals surface area contributed by atoms with Crippen LogP contribution in [0.15, 0.2) is 18.0 Å². The normalized spacial score (nSPS) is 10.0. The van der Waals surface area contributed by atoms with Crippen molar-refractivity contribution in [3.63, 3.8) is 0 Å². The van der Waals surface area contributed by atoms with Crippen LogP contribution < -0.4 is 0 Å². The molecule has 0 aliphatic rings. The average molecular weight is 276 g/mol. The van der Waals surface area contributed by atoms with Crippen LogP contribution in [0.1, 0.15) is 19.5 Å². The maximum Gasteiger partial charge on any atom is 0.122 e. The van der Waals surface area contributed by atoms with Crippen LogP contribution in [-0.4, -0.2) is 9.55 Å². The number of halogens is 1. The Morgan fingerprint density at radius 2 is 2.33 bits per heavy atom.